The van der Waals surface area contributed by atoms with Gasteiger partial charge in [0.1, 0.15) is 0 Å². The first-order valence-corrected chi connectivity index (χ1v) is 8.55. The highest BCUT2D eigenvalue weighted by atomic mass is 16.2. The Kier molecular flexibility index (Phi) is 4.96. The lowest BCUT2D eigenvalue weighted by atomic mass is 9.88. The third-order valence-corrected chi connectivity index (χ3v) is 4.99. The third-order valence-electron chi connectivity index (χ3n) is 4.99. The molecule has 0 aromatic heterocycles. The van der Waals surface area contributed by atoms with Crippen LogP contribution in [-0.2, 0) is 16.0 Å². The fourth-order valence-electron chi connectivity index (χ4n) is 3.83. The smallest absolute Gasteiger partial charge is 0.234 e. The first-order chi connectivity index (χ1) is 11.1. The second-order valence-corrected chi connectivity index (χ2v) is 6.60. The van der Waals surface area contributed by atoms with Gasteiger partial charge < -0.3 is 11.1 Å². The normalized spacial score (nSPS) is 24.7. The second kappa shape index (κ2) is 7.13. The van der Waals surface area contributed by atoms with Gasteiger partial charge in [0.2, 0.25) is 11.8 Å². The fourth-order valence-corrected chi connectivity index (χ4v) is 3.83. The van der Waals surface area contributed by atoms with Crippen LogP contribution in [0.25, 0.3) is 0 Å². The molecule has 1 aromatic carbocycles. The number of nitrogens with two attached hydrogens (primary N) is 1. The van der Waals surface area contributed by atoms with Crippen molar-refractivity contribution in [1.29, 1.82) is 0 Å². The number of hydrogen-bond acceptors (Lipinski definition) is 3. The first-order valence-electron chi connectivity index (χ1n) is 8.55. The van der Waals surface area contributed by atoms with E-state index < -0.39 is 0 Å². The van der Waals surface area contributed by atoms with Crippen LogP contribution in [0.3, 0.4) is 0 Å². The molecule has 2 unspecified atom stereocenters. The summed E-state index contributed by atoms with van der Waals surface area (Å²) in [5.74, 6) is -0.333. The van der Waals surface area contributed by atoms with Gasteiger partial charge in [0, 0.05) is 0 Å². The molecule has 2 aliphatic rings. The number of amides is 2. The average molecular weight is 315 g/mol. The van der Waals surface area contributed by atoms with Crippen LogP contribution >= 0.6 is 0 Å². The van der Waals surface area contributed by atoms with Gasteiger partial charge in [-0.25, -0.2) is 0 Å². The number of rotatable bonds is 4. The highest BCUT2D eigenvalue weighted by Crippen LogP contribution is 2.29. The van der Waals surface area contributed by atoms with Crippen LogP contribution in [0.1, 0.15) is 49.3 Å². The van der Waals surface area contributed by atoms with Gasteiger partial charge in [-0.2, -0.15) is 0 Å². The van der Waals surface area contributed by atoms with Crippen molar-refractivity contribution in [3.63, 3.8) is 0 Å². The van der Waals surface area contributed by atoms with Crippen molar-refractivity contribution in [1.82, 2.24) is 10.2 Å². The zero-order chi connectivity index (χ0) is 16.2. The molecule has 124 valence electrons. The maximum atomic E-state index is 12.5. The lowest BCUT2D eigenvalue weighted by molar-refractivity contribution is -0.128. The van der Waals surface area contributed by atoms with Gasteiger partial charge >= 0.3 is 0 Å². The summed E-state index contributed by atoms with van der Waals surface area (Å²) in [6, 6.07) is 8.11. The predicted molar refractivity (Wildman–Crippen MR) is 88.7 cm³/mol. The largest absolute Gasteiger partial charge is 0.368 e. The van der Waals surface area contributed by atoms with E-state index in [0.29, 0.717) is 0 Å². The van der Waals surface area contributed by atoms with Crippen molar-refractivity contribution in [2.24, 2.45) is 5.73 Å². The molecule has 5 nitrogen and oxygen atoms in total. The molecule has 0 radical (unpaired) electrons. The van der Waals surface area contributed by atoms with E-state index in [2.05, 4.69) is 17.4 Å². The van der Waals surface area contributed by atoms with Crippen molar-refractivity contribution in [3.05, 3.63) is 35.4 Å². The Balaban J connectivity index is 1.62. The van der Waals surface area contributed by atoms with Crippen LogP contribution in [0.2, 0.25) is 0 Å². The van der Waals surface area contributed by atoms with E-state index in [-0.39, 0.29) is 30.4 Å². The summed E-state index contributed by atoms with van der Waals surface area (Å²) in [5.41, 5.74) is 8.03. The Hall–Kier alpha value is -1.88. The number of hydrogen-bond donors (Lipinski definition) is 2. The number of nitrogens with zero attached hydrogens (tertiary/aromatic N) is 1. The lowest BCUT2D eigenvalue weighted by Gasteiger charge is -2.34. The Morgan fingerprint density at radius 2 is 2.00 bits per heavy atom. The van der Waals surface area contributed by atoms with Crippen molar-refractivity contribution in [2.45, 2.75) is 50.6 Å². The molecule has 3 N–H and O–H groups in total. The molecule has 1 aliphatic carbocycles. The number of nitrogens with one attached hydrogen (secondary N) is 1. The summed E-state index contributed by atoms with van der Waals surface area (Å²) in [5, 5.41) is 3.15. The van der Waals surface area contributed by atoms with E-state index in [0.717, 1.165) is 45.1 Å². The Labute approximate surface area is 137 Å². The minimum absolute atomic E-state index is 0.0140. The number of aryl methyl sites for hydroxylation is 1. The van der Waals surface area contributed by atoms with Crippen molar-refractivity contribution >= 4 is 11.8 Å². The maximum absolute atomic E-state index is 12.5. The van der Waals surface area contributed by atoms with Gasteiger partial charge in [-0.15, -0.1) is 0 Å². The van der Waals surface area contributed by atoms with E-state index in [1.54, 1.807) is 0 Å². The first kappa shape index (κ1) is 16.0. The predicted octanol–water partition coefficient (Wildman–Crippen LogP) is 1.52. The minimum atomic E-state index is -0.319. The van der Waals surface area contributed by atoms with Crippen molar-refractivity contribution < 1.29 is 9.59 Å². The second-order valence-electron chi connectivity index (χ2n) is 6.60. The lowest BCUT2D eigenvalue weighted by Crippen LogP contribution is -2.51. The zero-order valence-electron chi connectivity index (χ0n) is 13.5. The van der Waals surface area contributed by atoms with Gasteiger partial charge in [-0.05, 0) is 49.8 Å². The Morgan fingerprint density at radius 1 is 1.17 bits per heavy atom. The van der Waals surface area contributed by atoms with Crippen molar-refractivity contribution in [2.75, 3.05) is 13.1 Å². The molecule has 1 aliphatic heterocycles. The maximum Gasteiger partial charge on any atom is 0.234 e. The molecule has 23 heavy (non-hydrogen) atoms. The number of primary amides is 1. The van der Waals surface area contributed by atoms with Crippen LogP contribution in [0.4, 0.5) is 0 Å². The quantitative estimate of drug-likeness (QED) is 0.884. The van der Waals surface area contributed by atoms with Crippen LogP contribution < -0.4 is 11.1 Å². The monoisotopic (exact) mass is 315 g/mol. The molecule has 3 rings (SSSR count). The summed E-state index contributed by atoms with van der Waals surface area (Å²) in [4.78, 5) is 25.9. The van der Waals surface area contributed by atoms with E-state index in [9.17, 15) is 9.59 Å². The molecule has 1 aromatic rings. The molecule has 1 heterocycles. The molecule has 5 heteroatoms. The summed E-state index contributed by atoms with van der Waals surface area (Å²) in [7, 11) is 0. The van der Waals surface area contributed by atoms with E-state index in [1.165, 1.54) is 11.1 Å². The summed E-state index contributed by atoms with van der Waals surface area (Å²) in [6.45, 7) is 1.02. The van der Waals surface area contributed by atoms with Crippen LogP contribution in [0.5, 0.6) is 0 Å². The number of fused-ring (bicyclic) bond motifs is 1. The molecule has 2 amide bonds. The van der Waals surface area contributed by atoms with Gasteiger partial charge in [-0.1, -0.05) is 30.7 Å². The molecular weight excluding hydrogens is 290 g/mol. The fraction of sp³-hybridized carbons (Fsp3) is 0.556. The number of carbonyl (C=O) groups is 2. The van der Waals surface area contributed by atoms with Gasteiger partial charge in [0.15, 0.2) is 0 Å². The third kappa shape index (κ3) is 3.72. The minimum Gasteiger partial charge on any atom is -0.368 e. The topological polar surface area (TPSA) is 75.4 Å². The average Bonchev–Trinajstić information content (AvgIpc) is 2.55. The van der Waals surface area contributed by atoms with E-state index >= 15 is 0 Å². The molecule has 1 saturated heterocycles. The standard InChI is InChI=1S/C18H25N3O2/c19-18(23)16-10-3-4-11-21(16)12-17(22)20-15-9-5-7-13-6-1-2-8-14(13)15/h1-2,6,8,15-16H,3-5,7,9-12H2,(H2,19,23)(H,20,22). The van der Waals surface area contributed by atoms with Crippen LogP contribution in [0, 0.1) is 0 Å². The zero-order valence-corrected chi connectivity index (χ0v) is 13.5. The highest BCUT2D eigenvalue weighted by Gasteiger charge is 2.29. The molecule has 0 saturated carbocycles. The molecular formula is C18H25N3O2. The van der Waals surface area contributed by atoms with Gasteiger partial charge in [-0.3, -0.25) is 14.5 Å². The molecule has 0 bridgehead atoms. The summed E-state index contributed by atoms with van der Waals surface area (Å²) >= 11 is 0. The highest BCUT2D eigenvalue weighted by molar-refractivity contribution is 5.82. The number of carbonyl (C=O) groups excluding carboxylic acids is 2. The SMILES string of the molecule is NC(=O)C1CCCCN1CC(=O)NC1CCCc2ccccc21. The van der Waals surface area contributed by atoms with Gasteiger partial charge in [0.25, 0.3) is 0 Å². The molecule has 2 atom stereocenters. The summed E-state index contributed by atoms with van der Waals surface area (Å²) < 4.78 is 0. The summed E-state index contributed by atoms with van der Waals surface area (Å²) in [6.07, 6.45) is 5.93. The van der Waals surface area contributed by atoms with Gasteiger partial charge in [0.05, 0.1) is 18.6 Å². The Morgan fingerprint density at radius 3 is 2.83 bits per heavy atom. The van der Waals surface area contributed by atoms with Crippen LogP contribution in [0.15, 0.2) is 24.3 Å². The molecule has 1 fully saturated rings. The number of benzene rings is 1. The number of likely N-dealkylation sites (tertiary alicyclic amines) is 1. The van der Waals surface area contributed by atoms with Crippen molar-refractivity contribution in [3.8, 4) is 0 Å². The Bertz CT molecular complexity index is 587. The number of piperidine rings is 1. The van der Waals surface area contributed by atoms with E-state index in [4.69, 9.17) is 5.73 Å². The van der Waals surface area contributed by atoms with E-state index in [1.807, 2.05) is 17.0 Å². The molecule has 0 spiro atoms. The van der Waals surface area contributed by atoms with Crippen LogP contribution in [-0.4, -0.2) is 35.8 Å².